The third-order valence-corrected chi connectivity index (χ3v) is 4.82. The molecule has 1 aliphatic rings. The van der Waals surface area contributed by atoms with E-state index in [0.717, 1.165) is 42.7 Å². The van der Waals surface area contributed by atoms with Gasteiger partial charge in [0.25, 0.3) is 11.1 Å². The molecule has 3 aromatic rings. The summed E-state index contributed by atoms with van der Waals surface area (Å²) in [4.78, 5) is 36.9. The molecule has 0 spiro atoms. The van der Waals surface area contributed by atoms with Gasteiger partial charge in [0.2, 0.25) is 5.91 Å². The predicted molar refractivity (Wildman–Crippen MR) is 98.3 cm³/mol. The average molecular weight is 368 g/mol. The molecule has 27 heavy (non-hydrogen) atoms. The lowest BCUT2D eigenvalue weighted by Crippen LogP contribution is -2.36. The van der Waals surface area contributed by atoms with Crippen LogP contribution >= 0.6 is 0 Å². The SMILES string of the molecule is O=C(Cn1[nH]c(=O)c2ccccc2c1=O)NCc1nnc2n1CCCCC2. The van der Waals surface area contributed by atoms with E-state index in [9.17, 15) is 14.4 Å². The van der Waals surface area contributed by atoms with Crippen molar-refractivity contribution in [3.8, 4) is 0 Å². The Hall–Kier alpha value is -3.23. The van der Waals surface area contributed by atoms with E-state index in [0.29, 0.717) is 11.2 Å². The molecule has 0 atom stereocenters. The van der Waals surface area contributed by atoms with Crippen molar-refractivity contribution in [3.63, 3.8) is 0 Å². The molecule has 4 rings (SSSR count). The van der Waals surface area contributed by atoms with Gasteiger partial charge in [-0.05, 0) is 25.0 Å². The van der Waals surface area contributed by atoms with E-state index in [1.165, 1.54) is 0 Å². The van der Waals surface area contributed by atoms with Crippen molar-refractivity contribution in [3.05, 3.63) is 56.6 Å². The summed E-state index contributed by atoms with van der Waals surface area (Å²) in [6.07, 6.45) is 4.23. The second-order valence-corrected chi connectivity index (χ2v) is 6.65. The van der Waals surface area contributed by atoms with E-state index in [-0.39, 0.29) is 24.4 Å². The second-order valence-electron chi connectivity index (χ2n) is 6.65. The normalized spacial score (nSPS) is 13.9. The van der Waals surface area contributed by atoms with Crippen molar-refractivity contribution >= 4 is 16.7 Å². The van der Waals surface area contributed by atoms with Gasteiger partial charge in [-0.2, -0.15) is 0 Å². The minimum Gasteiger partial charge on any atom is -0.347 e. The zero-order chi connectivity index (χ0) is 18.8. The van der Waals surface area contributed by atoms with Crippen LogP contribution in [0.2, 0.25) is 0 Å². The minimum absolute atomic E-state index is 0.235. The molecule has 9 heteroatoms. The average Bonchev–Trinajstić information content (AvgIpc) is 2.90. The Labute approximate surface area is 154 Å². The fraction of sp³-hybridized carbons (Fsp3) is 0.389. The Kier molecular flexibility index (Phi) is 4.57. The molecule has 0 bridgehead atoms. The van der Waals surface area contributed by atoms with Crippen LogP contribution in [0, 0.1) is 0 Å². The van der Waals surface area contributed by atoms with Crippen LogP contribution in [0.3, 0.4) is 0 Å². The molecule has 140 valence electrons. The zero-order valence-electron chi connectivity index (χ0n) is 14.8. The van der Waals surface area contributed by atoms with Crippen molar-refractivity contribution in [2.75, 3.05) is 0 Å². The molecule has 3 heterocycles. The molecule has 1 aliphatic heterocycles. The van der Waals surface area contributed by atoms with Crippen LogP contribution in [-0.2, 0) is 30.8 Å². The van der Waals surface area contributed by atoms with Gasteiger partial charge in [0, 0.05) is 13.0 Å². The zero-order valence-corrected chi connectivity index (χ0v) is 14.8. The number of aromatic nitrogens is 5. The molecule has 0 fully saturated rings. The van der Waals surface area contributed by atoms with Crippen molar-refractivity contribution in [2.45, 2.75) is 45.3 Å². The number of fused-ring (bicyclic) bond motifs is 2. The first-order valence-corrected chi connectivity index (χ1v) is 9.03. The minimum atomic E-state index is -0.406. The number of carbonyl (C=O) groups is 1. The molecule has 0 unspecified atom stereocenters. The van der Waals surface area contributed by atoms with Crippen LogP contribution in [0.15, 0.2) is 33.9 Å². The van der Waals surface area contributed by atoms with E-state index >= 15 is 0 Å². The molecule has 0 saturated heterocycles. The molecule has 0 saturated carbocycles. The molecule has 0 radical (unpaired) electrons. The highest BCUT2D eigenvalue weighted by Gasteiger charge is 2.16. The van der Waals surface area contributed by atoms with Gasteiger partial charge in [0.1, 0.15) is 12.4 Å². The van der Waals surface area contributed by atoms with Crippen LogP contribution in [0.25, 0.3) is 10.8 Å². The van der Waals surface area contributed by atoms with E-state index in [1.54, 1.807) is 24.3 Å². The number of nitrogens with zero attached hydrogens (tertiary/aromatic N) is 4. The fourth-order valence-electron chi connectivity index (χ4n) is 3.41. The fourth-order valence-corrected chi connectivity index (χ4v) is 3.41. The maximum absolute atomic E-state index is 12.5. The maximum atomic E-state index is 12.5. The number of H-pyrrole nitrogens is 1. The highest BCUT2D eigenvalue weighted by atomic mass is 16.2. The molecular weight excluding hydrogens is 348 g/mol. The Bertz CT molecular complexity index is 1110. The summed E-state index contributed by atoms with van der Waals surface area (Å²) >= 11 is 0. The molecule has 2 aromatic heterocycles. The Balaban J connectivity index is 1.49. The molecule has 2 N–H and O–H groups in total. The van der Waals surface area contributed by atoms with Crippen molar-refractivity contribution < 1.29 is 4.79 Å². The largest absolute Gasteiger partial charge is 0.347 e. The quantitative estimate of drug-likeness (QED) is 0.688. The van der Waals surface area contributed by atoms with Crippen molar-refractivity contribution in [2.24, 2.45) is 0 Å². The summed E-state index contributed by atoms with van der Waals surface area (Å²) in [7, 11) is 0. The van der Waals surface area contributed by atoms with Crippen LogP contribution in [-0.4, -0.2) is 30.5 Å². The Morgan fingerprint density at radius 3 is 2.78 bits per heavy atom. The lowest BCUT2D eigenvalue weighted by atomic mass is 10.2. The van der Waals surface area contributed by atoms with E-state index < -0.39 is 11.1 Å². The second kappa shape index (κ2) is 7.18. The van der Waals surface area contributed by atoms with E-state index in [1.807, 2.05) is 0 Å². The number of amides is 1. The first-order chi connectivity index (χ1) is 13.1. The van der Waals surface area contributed by atoms with Crippen LogP contribution < -0.4 is 16.4 Å². The summed E-state index contributed by atoms with van der Waals surface area (Å²) < 4.78 is 3.08. The Morgan fingerprint density at radius 1 is 1.11 bits per heavy atom. The van der Waals surface area contributed by atoms with Gasteiger partial charge in [-0.15, -0.1) is 10.2 Å². The molecule has 0 aliphatic carbocycles. The number of hydrogen-bond donors (Lipinski definition) is 2. The van der Waals surface area contributed by atoms with Gasteiger partial charge in [-0.1, -0.05) is 18.6 Å². The number of nitrogens with one attached hydrogen (secondary N) is 2. The number of aromatic amines is 1. The maximum Gasteiger partial charge on any atom is 0.273 e. The summed E-state index contributed by atoms with van der Waals surface area (Å²) in [5.74, 6) is 1.28. The van der Waals surface area contributed by atoms with Crippen molar-refractivity contribution in [1.82, 2.24) is 29.9 Å². The molecule has 9 nitrogen and oxygen atoms in total. The number of carbonyl (C=O) groups excluding carboxylic acids is 1. The highest BCUT2D eigenvalue weighted by Crippen LogP contribution is 2.14. The smallest absolute Gasteiger partial charge is 0.273 e. The lowest BCUT2D eigenvalue weighted by molar-refractivity contribution is -0.122. The summed E-state index contributed by atoms with van der Waals surface area (Å²) in [6.45, 7) is 0.823. The molecule has 1 amide bonds. The van der Waals surface area contributed by atoms with Gasteiger partial charge < -0.3 is 9.88 Å². The topological polar surface area (TPSA) is 115 Å². The summed E-state index contributed by atoms with van der Waals surface area (Å²) in [5.41, 5.74) is -0.808. The van der Waals surface area contributed by atoms with Gasteiger partial charge in [0.05, 0.1) is 17.3 Å². The number of aryl methyl sites for hydroxylation is 1. The first-order valence-electron chi connectivity index (χ1n) is 9.03. The summed E-state index contributed by atoms with van der Waals surface area (Å²) in [6, 6.07) is 6.53. The standard InChI is InChI=1S/C18H20N6O3/c25-16(19-10-15-21-20-14-8-2-1-5-9-23(14)15)11-24-18(27)13-7-4-3-6-12(13)17(26)22-24/h3-4,6-7H,1-2,5,8-11H2,(H,19,25)(H,22,26). The van der Waals surface area contributed by atoms with Gasteiger partial charge in [0.15, 0.2) is 5.82 Å². The highest BCUT2D eigenvalue weighted by molar-refractivity contribution is 5.81. The Morgan fingerprint density at radius 2 is 1.93 bits per heavy atom. The first kappa shape index (κ1) is 17.2. The number of rotatable bonds is 4. The number of benzene rings is 1. The van der Waals surface area contributed by atoms with E-state index in [2.05, 4.69) is 25.2 Å². The third kappa shape index (κ3) is 3.40. The third-order valence-electron chi connectivity index (χ3n) is 4.82. The van der Waals surface area contributed by atoms with Gasteiger partial charge >= 0.3 is 0 Å². The predicted octanol–water partition coefficient (Wildman–Crippen LogP) is 0.324. The summed E-state index contributed by atoms with van der Waals surface area (Å²) in [5, 5.41) is 14.2. The van der Waals surface area contributed by atoms with Crippen LogP contribution in [0.4, 0.5) is 0 Å². The monoisotopic (exact) mass is 368 g/mol. The lowest BCUT2D eigenvalue weighted by Gasteiger charge is -2.09. The molecular formula is C18H20N6O3. The number of hydrogen-bond acceptors (Lipinski definition) is 5. The van der Waals surface area contributed by atoms with E-state index in [4.69, 9.17) is 0 Å². The van der Waals surface area contributed by atoms with Crippen LogP contribution in [0.5, 0.6) is 0 Å². The van der Waals surface area contributed by atoms with Crippen molar-refractivity contribution in [1.29, 1.82) is 0 Å². The van der Waals surface area contributed by atoms with Gasteiger partial charge in [-0.3, -0.25) is 19.5 Å². The molecule has 1 aromatic carbocycles. The van der Waals surface area contributed by atoms with Gasteiger partial charge in [-0.25, -0.2) is 4.68 Å². The van der Waals surface area contributed by atoms with Crippen LogP contribution in [0.1, 0.15) is 30.9 Å².